The number of hydrogen-bond donors (Lipinski definition) is 1. The van der Waals surface area contributed by atoms with E-state index in [-0.39, 0.29) is 12.4 Å². The first-order chi connectivity index (χ1) is 9.19. The lowest BCUT2D eigenvalue weighted by molar-refractivity contribution is 0.284. The molecule has 3 nitrogen and oxygen atoms in total. The van der Waals surface area contributed by atoms with Crippen molar-refractivity contribution < 1.29 is 9.50 Å². The van der Waals surface area contributed by atoms with Crippen LogP contribution in [0.25, 0.3) is 0 Å². The summed E-state index contributed by atoms with van der Waals surface area (Å²) in [5.41, 5.74) is 1.78. The van der Waals surface area contributed by atoms with Crippen molar-refractivity contribution in [3.05, 3.63) is 40.7 Å². The summed E-state index contributed by atoms with van der Waals surface area (Å²) in [5.74, 6) is 0.249. The lowest BCUT2D eigenvalue weighted by Crippen LogP contribution is -2.09. The molecule has 0 aliphatic heterocycles. The second-order valence-corrected chi connectivity index (χ2v) is 5.84. The van der Waals surface area contributed by atoms with Gasteiger partial charge in [0.15, 0.2) is 5.13 Å². The topological polar surface area (TPSA) is 36.4 Å². The Kier molecular flexibility index (Phi) is 3.24. The summed E-state index contributed by atoms with van der Waals surface area (Å²) in [6.07, 6.45) is 2.31. The molecule has 0 spiro atoms. The zero-order chi connectivity index (χ0) is 13.4. The van der Waals surface area contributed by atoms with Crippen LogP contribution in [-0.2, 0) is 6.61 Å². The third-order valence-electron chi connectivity index (χ3n) is 3.31. The molecule has 1 fully saturated rings. The Labute approximate surface area is 115 Å². The predicted octanol–water partition coefficient (Wildman–Crippen LogP) is 3.42. The summed E-state index contributed by atoms with van der Waals surface area (Å²) in [6.45, 7) is 0.0283. The van der Waals surface area contributed by atoms with Crippen molar-refractivity contribution in [2.75, 3.05) is 11.9 Å². The monoisotopic (exact) mass is 278 g/mol. The number of aromatic nitrogens is 1. The molecule has 0 unspecified atom stereocenters. The molecule has 1 saturated carbocycles. The van der Waals surface area contributed by atoms with Gasteiger partial charge in [0, 0.05) is 18.7 Å². The summed E-state index contributed by atoms with van der Waals surface area (Å²) in [4.78, 5) is 7.40. The fraction of sp³-hybridized carbons (Fsp3) is 0.357. The van der Waals surface area contributed by atoms with Gasteiger partial charge in [-0.3, -0.25) is 0 Å². The second-order valence-electron chi connectivity index (χ2n) is 4.78. The molecule has 1 N–H and O–H groups in total. The van der Waals surface area contributed by atoms with Crippen LogP contribution < -0.4 is 4.90 Å². The molecule has 0 amide bonds. The molecule has 1 aromatic heterocycles. The van der Waals surface area contributed by atoms with Crippen LogP contribution in [0.1, 0.15) is 29.3 Å². The number of rotatable bonds is 4. The minimum Gasteiger partial charge on any atom is -0.391 e. The van der Waals surface area contributed by atoms with Gasteiger partial charge in [-0.25, -0.2) is 9.37 Å². The van der Waals surface area contributed by atoms with Gasteiger partial charge in [0.2, 0.25) is 0 Å². The Hall–Kier alpha value is -1.46. The van der Waals surface area contributed by atoms with Gasteiger partial charge in [-0.05, 0) is 31.0 Å². The largest absolute Gasteiger partial charge is 0.391 e. The van der Waals surface area contributed by atoms with Crippen molar-refractivity contribution in [1.82, 2.24) is 4.98 Å². The van der Waals surface area contributed by atoms with Gasteiger partial charge in [0.25, 0.3) is 0 Å². The molecule has 5 heteroatoms. The normalized spacial score (nSPS) is 14.7. The Morgan fingerprint density at radius 1 is 1.47 bits per heavy atom. The van der Waals surface area contributed by atoms with Gasteiger partial charge in [-0.1, -0.05) is 17.4 Å². The average Bonchev–Trinajstić information content (AvgIpc) is 3.17. The van der Waals surface area contributed by atoms with E-state index in [9.17, 15) is 9.50 Å². The van der Waals surface area contributed by atoms with Gasteiger partial charge >= 0.3 is 0 Å². The first kappa shape index (κ1) is 12.6. The number of halogens is 1. The van der Waals surface area contributed by atoms with E-state index >= 15 is 0 Å². The summed E-state index contributed by atoms with van der Waals surface area (Å²) in [5, 5.41) is 10.2. The lowest BCUT2D eigenvalue weighted by atomic mass is 10.2. The van der Waals surface area contributed by atoms with E-state index in [0.717, 1.165) is 34.2 Å². The van der Waals surface area contributed by atoms with Gasteiger partial charge in [0.1, 0.15) is 5.82 Å². The smallest absolute Gasteiger partial charge is 0.190 e. The lowest BCUT2D eigenvalue weighted by Gasteiger charge is -2.15. The Balaban J connectivity index is 1.93. The third-order valence-corrected chi connectivity index (χ3v) is 4.44. The van der Waals surface area contributed by atoms with Crippen LogP contribution >= 0.6 is 11.3 Å². The van der Waals surface area contributed by atoms with Gasteiger partial charge in [-0.15, -0.1) is 0 Å². The highest BCUT2D eigenvalue weighted by Crippen LogP contribution is 2.44. The van der Waals surface area contributed by atoms with Crippen molar-refractivity contribution >= 4 is 22.2 Å². The van der Waals surface area contributed by atoms with Crippen LogP contribution in [0, 0.1) is 5.82 Å². The quantitative estimate of drug-likeness (QED) is 0.931. The van der Waals surface area contributed by atoms with Crippen molar-refractivity contribution in [1.29, 1.82) is 0 Å². The highest BCUT2D eigenvalue weighted by molar-refractivity contribution is 7.15. The van der Waals surface area contributed by atoms with E-state index in [1.165, 1.54) is 23.5 Å². The molecule has 3 rings (SSSR count). The molecule has 1 aliphatic carbocycles. The standard InChI is InChI=1S/C14H15FN2OS/c1-17(11-4-2-3-10(15)7-11)14-16-13(9-5-6-9)12(8-18)19-14/h2-4,7,9,18H,5-6,8H2,1H3. The molecule has 0 atom stereocenters. The summed E-state index contributed by atoms with van der Waals surface area (Å²) < 4.78 is 13.2. The molecular weight excluding hydrogens is 263 g/mol. The van der Waals surface area contributed by atoms with E-state index in [2.05, 4.69) is 4.98 Å². The fourth-order valence-corrected chi connectivity index (χ4v) is 3.07. The number of aliphatic hydroxyl groups is 1. The minimum atomic E-state index is -0.259. The maximum Gasteiger partial charge on any atom is 0.190 e. The summed E-state index contributed by atoms with van der Waals surface area (Å²) >= 11 is 1.48. The maximum atomic E-state index is 13.2. The summed E-state index contributed by atoms with van der Waals surface area (Å²) in [7, 11) is 1.87. The average molecular weight is 278 g/mol. The maximum absolute atomic E-state index is 13.2. The molecule has 1 aliphatic rings. The van der Waals surface area contributed by atoms with Crippen LogP contribution in [0.4, 0.5) is 15.2 Å². The van der Waals surface area contributed by atoms with E-state index in [1.54, 1.807) is 6.07 Å². The molecule has 1 heterocycles. The van der Waals surface area contributed by atoms with Crippen LogP contribution in [0.2, 0.25) is 0 Å². The molecule has 0 radical (unpaired) electrons. The molecule has 100 valence electrons. The zero-order valence-corrected chi connectivity index (χ0v) is 11.5. The van der Waals surface area contributed by atoms with Crippen molar-refractivity contribution in [2.45, 2.75) is 25.4 Å². The minimum absolute atomic E-state index is 0.0283. The molecule has 0 bridgehead atoms. The van der Waals surface area contributed by atoms with E-state index in [1.807, 2.05) is 18.0 Å². The van der Waals surface area contributed by atoms with Crippen LogP contribution in [0.5, 0.6) is 0 Å². The van der Waals surface area contributed by atoms with Gasteiger partial charge < -0.3 is 10.0 Å². The highest BCUT2D eigenvalue weighted by atomic mass is 32.1. The van der Waals surface area contributed by atoms with E-state index in [4.69, 9.17) is 0 Å². The number of anilines is 2. The van der Waals surface area contributed by atoms with E-state index in [0.29, 0.717) is 5.92 Å². The number of hydrogen-bond acceptors (Lipinski definition) is 4. The third kappa shape index (κ3) is 2.48. The van der Waals surface area contributed by atoms with Gasteiger partial charge in [-0.2, -0.15) is 0 Å². The number of benzene rings is 1. The highest BCUT2D eigenvalue weighted by Gasteiger charge is 2.30. The molecule has 0 saturated heterocycles. The Morgan fingerprint density at radius 3 is 2.89 bits per heavy atom. The molecule has 1 aromatic carbocycles. The molecule has 19 heavy (non-hydrogen) atoms. The number of thiazole rings is 1. The first-order valence-corrected chi connectivity index (χ1v) is 7.10. The number of aliphatic hydroxyl groups excluding tert-OH is 1. The fourth-order valence-electron chi connectivity index (χ4n) is 2.08. The first-order valence-electron chi connectivity index (χ1n) is 6.29. The molecule has 2 aromatic rings. The zero-order valence-electron chi connectivity index (χ0n) is 10.6. The van der Waals surface area contributed by atoms with Crippen LogP contribution in [0.15, 0.2) is 24.3 Å². The second kappa shape index (κ2) is 4.90. The van der Waals surface area contributed by atoms with Crippen LogP contribution in [-0.4, -0.2) is 17.1 Å². The van der Waals surface area contributed by atoms with Crippen molar-refractivity contribution in [2.24, 2.45) is 0 Å². The predicted molar refractivity (Wildman–Crippen MR) is 74.5 cm³/mol. The molecular formula is C14H15FN2OS. The summed E-state index contributed by atoms with van der Waals surface area (Å²) in [6, 6.07) is 6.44. The van der Waals surface area contributed by atoms with Crippen molar-refractivity contribution in [3.63, 3.8) is 0 Å². The van der Waals surface area contributed by atoms with Gasteiger partial charge in [0.05, 0.1) is 17.2 Å². The number of nitrogens with zero attached hydrogens (tertiary/aromatic N) is 2. The van der Waals surface area contributed by atoms with E-state index < -0.39 is 0 Å². The Morgan fingerprint density at radius 2 is 2.26 bits per heavy atom. The van der Waals surface area contributed by atoms with Crippen LogP contribution in [0.3, 0.4) is 0 Å². The SMILES string of the molecule is CN(c1cccc(F)c1)c1nc(C2CC2)c(CO)s1. The Bertz CT molecular complexity index is 595. The van der Waals surface area contributed by atoms with Crippen molar-refractivity contribution in [3.8, 4) is 0 Å².